The van der Waals surface area contributed by atoms with E-state index < -0.39 is 0 Å². The van der Waals surface area contributed by atoms with Crippen molar-refractivity contribution in [2.75, 3.05) is 0 Å². The fourth-order valence-electron chi connectivity index (χ4n) is 4.37. The molecular formula is C26H14BrClO. The zero-order valence-electron chi connectivity index (χ0n) is 15.2. The van der Waals surface area contributed by atoms with Crippen LogP contribution in [0.3, 0.4) is 0 Å². The first-order valence-corrected chi connectivity index (χ1v) is 10.6. The second kappa shape index (κ2) is 6.35. The molecular weight excluding hydrogens is 444 g/mol. The summed E-state index contributed by atoms with van der Waals surface area (Å²) in [6.45, 7) is 0. The van der Waals surface area contributed by atoms with Gasteiger partial charge in [0.05, 0.1) is 0 Å². The van der Waals surface area contributed by atoms with Gasteiger partial charge in [-0.25, -0.2) is 0 Å². The minimum absolute atomic E-state index is 0.678. The Hall–Kier alpha value is -2.81. The topological polar surface area (TPSA) is 13.1 Å². The number of hydrogen-bond acceptors (Lipinski definition) is 1. The molecule has 3 heteroatoms. The molecule has 0 bridgehead atoms. The minimum atomic E-state index is 0.678. The van der Waals surface area contributed by atoms with Crippen molar-refractivity contribution in [1.29, 1.82) is 0 Å². The van der Waals surface area contributed by atoms with Crippen LogP contribution >= 0.6 is 27.5 Å². The SMILES string of the molecule is Clc1ccc2c(c1)oc1cccc(-c3c4ccccc4c(Br)c4ccccc34)c12. The summed E-state index contributed by atoms with van der Waals surface area (Å²) in [5.74, 6) is 0. The highest BCUT2D eigenvalue weighted by atomic mass is 79.9. The molecule has 0 radical (unpaired) electrons. The van der Waals surface area contributed by atoms with E-state index in [0.717, 1.165) is 26.4 Å². The van der Waals surface area contributed by atoms with E-state index in [1.165, 1.54) is 32.7 Å². The molecule has 0 aliphatic rings. The van der Waals surface area contributed by atoms with E-state index in [9.17, 15) is 0 Å². The van der Waals surface area contributed by atoms with E-state index in [-0.39, 0.29) is 0 Å². The summed E-state index contributed by atoms with van der Waals surface area (Å²) >= 11 is 10.1. The molecule has 0 N–H and O–H groups in total. The molecule has 0 unspecified atom stereocenters. The van der Waals surface area contributed by atoms with Crippen molar-refractivity contribution < 1.29 is 4.42 Å². The van der Waals surface area contributed by atoms with E-state index in [2.05, 4.69) is 82.7 Å². The molecule has 6 aromatic rings. The maximum Gasteiger partial charge on any atom is 0.136 e. The molecule has 0 aliphatic heterocycles. The number of hydrogen-bond donors (Lipinski definition) is 0. The molecule has 1 heterocycles. The monoisotopic (exact) mass is 456 g/mol. The second-order valence-corrected chi connectivity index (χ2v) is 8.43. The first-order valence-electron chi connectivity index (χ1n) is 9.42. The Kier molecular flexibility index (Phi) is 3.74. The summed E-state index contributed by atoms with van der Waals surface area (Å²) in [5, 5.41) is 7.72. The molecule has 138 valence electrons. The predicted octanol–water partition coefficient (Wildman–Crippen LogP) is 8.98. The van der Waals surface area contributed by atoms with Crippen molar-refractivity contribution in [3.8, 4) is 11.1 Å². The Morgan fingerprint density at radius 1 is 0.621 bits per heavy atom. The predicted molar refractivity (Wildman–Crippen MR) is 127 cm³/mol. The molecule has 29 heavy (non-hydrogen) atoms. The van der Waals surface area contributed by atoms with Crippen LogP contribution in [0.2, 0.25) is 5.02 Å². The second-order valence-electron chi connectivity index (χ2n) is 7.20. The van der Waals surface area contributed by atoms with Crippen LogP contribution in [0.5, 0.6) is 0 Å². The average molecular weight is 458 g/mol. The van der Waals surface area contributed by atoms with Gasteiger partial charge < -0.3 is 4.42 Å². The average Bonchev–Trinajstić information content (AvgIpc) is 3.12. The van der Waals surface area contributed by atoms with E-state index in [1.54, 1.807) is 0 Å². The van der Waals surface area contributed by atoms with Crippen LogP contribution in [0.1, 0.15) is 0 Å². The smallest absolute Gasteiger partial charge is 0.136 e. The van der Waals surface area contributed by atoms with Gasteiger partial charge in [0.15, 0.2) is 0 Å². The van der Waals surface area contributed by atoms with E-state index >= 15 is 0 Å². The van der Waals surface area contributed by atoms with Gasteiger partial charge in [0.2, 0.25) is 0 Å². The fraction of sp³-hybridized carbons (Fsp3) is 0. The Morgan fingerprint density at radius 2 is 1.28 bits per heavy atom. The molecule has 1 aromatic heterocycles. The molecule has 0 amide bonds. The zero-order valence-corrected chi connectivity index (χ0v) is 17.6. The molecule has 0 saturated carbocycles. The maximum absolute atomic E-state index is 6.21. The van der Waals surface area contributed by atoms with Crippen molar-refractivity contribution >= 4 is 71.0 Å². The number of fused-ring (bicyclic) bond motifs is 5. The summed E-state index contributed by atoms with van der Waals surface area (Å²) in [7, 11) is 0. The van der Waals surface area contributed by atoms with Gasteiger partial charge in [0.1, 0.15) is 11.2 Å². The summed E-state index contributed by atoms with van der Waals surface area (Å²) in [6, 6.07) is 29.2. The molecule has 0 aliphatic carbocycles. The van der Waals surface area contributed by atoms with Crippen LogP contribution in [0.4, 0.5) is 0 Å². The van der Waals surface area contributed by atoms with Gasteiger partial charge in [0.25, 0.3) is 0 Å². The lowest BCUT2D eigenvalue weighted by Gasteiger charge is -2.15. The summed E-state index contributed by atoms with van der Waals surface area (Å²) < 4.78 is 7.28. The first kappa shape index (κ1) is 17.1. The number of furan rings is 1. The van der Waals surface area contributed by atoms with Crippen molar-refractivity contribution in [3.05, 3.63) is 94.4 Å². The van der Waals surface area contributed by atoms with E-state index in [4.69, 9.17) is 16.0 Å². The van der Waals surface area contributed by atoms with Gasteiger partial charge in [0, 0.05) is 26.3 Å². The highest BCUT2D eigenvalue weighted by Crippen LogP contribution is 2.45. The summed E-state index contributed by atoms with van der Waals surface area (Å²) in [6.07, 6.45) is 0. The van der Waals surface area contributed by atoms with E-state index in [0.29, 0.717) is 5.02 Å². The van der Waals surface area contributed by atoms with Crippen LogP contribution in [0, 0.1) is 0 Å². The van der Waals surface area contributed by atoms with Crippen molar-refractivity contribution in [2.24, 2.45) is 0 Å². The van der Waals surface area contributed by atoms with Crippen LogP contribution in [-0.2, 0) is 0 Å². The number of halogens is 2. The third kappa shape index (κ3) is 2.46. The van der Waals surface area contributed by atoms with Gasteiger partial charge in [-0.05, 0) is 66.8 Å². The Morgan fingerprint density at radius 3 is 1.97 bits per heavy atom. The van der Waals surface area contributed by atoms with Crippen molar-refractivity contribution in [2.45, 2.75) is 0 Å². The van der Waals surface area contributed by atoms with Gasteiger partial charge in [-0.15, -0.1) is 0 Å². The fourth-order valence-corrected chi connectivity index (χ4v) is 5.23. The quantitative estimate of drug-likeness (QED) is 0.224. The third-order valence-corrected chi connectivity index (χ3v) is 6.68. The molecule has 6 rings (SSSR count). The summed E-state index contributed by atoms with van der Waals surface area (Å²) in [4.78, 5) is 0. The van der Waals surface area contributed by atoms with Crippen LogP contribution in [-0.4, -0.2) is 0 Å². The number of rotatable bonds is 1. The molecule has 0 saturated heterocycles. The largest absolute Gasteiger partial charge is 0.456 e. The minimum Gasteiger partial charge on any atom is -0.456 e. The maximum atomic E-state index is 6.21. The van der Waals surface area contributed by atoms with Gasteiger partial charge >= 0.3 is 0 Å². The Labute approximate surface area is 180 Å². The molecule has 5 aromatic carbocycles. The standard InChI is InChI=1S/C26H14BrClO/c27-26-18-8-3-1-6-16(18)24(17-7-2-4-9-19(17)26)21-10-5-11-22-25(21)20-13-12-15(28)14-23(20)29-22/h1-14H. The third-order valence-electron chi connectivity index (χ3n) is 5.59. The molecule has 0 fully saturated rings. The zero-order chi connectivity index (χ0) is 19.5. The van der Waals surface area contributed by atoms with Crippen LogP contribution in [0.25, 0.3) is 54.6 Å². The molecule has 0 atom stereocenters. The van der Waals surface area contributed by atoms with Crippen molar-refractivity contribution in [1.82, 2.24) is 0 Å². The van der Waals surface area contributed by atoms with Gasteiger partial charge in [-0.1, -0.05) is 72.3 Å². The highest BCUT2D eigenvalue weighted by Gasteiger charge is 2.18. The normalized spacial score (nSPS) is 11.8. The van der Waals surface area contributed by atoms with Crippen molar-refractivity contribution in [3.63, 3.8) is 0 Å². The van der Waals surface area contributed by atoms with Crippen LogP contribution in [0.15, 0.2) is 93.8 Å². The Balaban J connectivity index is 1.87. The first-order chi connectivity index (χ1) is 14.2. The van der Waals surface area contributed by atoms with E-state index in [1.807, 2.05) is 18.2 Å². The molecule has 0 spiro atoms. The highest BCUT2D eigenvalue weighted by molar-refractivity contribution is 9.10. The van der Waals surface area contributed by atoms with Gasteiger partial charge in [-0.2, -0.15) is 0 Å². The lowest BCUT2D eigenvalue weighted by molar-refractivity contribution is 0.669. The lowest BCUT2D eigenvalue weighted by atomic mass is 9.90. The van der Waals surface area contributed by atoms with Crippen LogP contribution < -0.4 is 0 Å². The number of benzene rings is 5. The molecule has 1 nitrogen and oxygen atoms in total. The van der Waals surface area contributed by atoms with Gasteiger partial charge in [-0.3, -0.25) is 0 Å². The summed E-state index contributed by atoms with van der Waals surface area (Å²) in [5.41, 5.74) is 4.08. The lowest BCUT2D eigenvalue weighted by Crippen LogP contribution is -1.88. The Bertz CT molecular complexity index is 1520.